The number of fused-ring (bicyclic) bond motifs is 4. The molecule has 0 saturated heterocycles. The molecule has 1 saturated carbocycles. The first kappa shape index (κ1) is 40.7. The molecule has 8 aromatic rings. The van der Waals surface area contributed by atoms with Crippen molar-refractivity contribution in [3.63, 3.8) is 0 Å². The molecule has 310 valence electrons. The molecule has 0 atom stereocenters. The van der Waals surface area contributed by atoms with E-state index in [4.69, 9.17) is 9.72 Å². The number of pyridine rings is 1. The number of ether oxygens (including phenoxy) is 1. The number of aromatic nitrogens is 2. The fourth-order valence-corrected chi connectivity index (χ4v) is 9.74. The minimum atomic E-state index is -0.0604. The van der Waals surface area contributed by atoms with E-state index in [9.17, 15) is 0 Å². The number of nitrogens with zero attached hydrogens (tertiary/aromatic N) is 4. The molecular weight excluding hydrogens is 928 g/mol. The average Bonchev–Trinajstić information content (AvgIpc) is 3.99. The van der Waals surface area contributed by atoms with Crippen molar-refractivity contribution in [2.75, 3.05) is 9.80 Å². The maximum atomic E-state index is 6.68. The molecule has 0 bridgehead atoms. The normalized spacial score (nSPS) is 15.0. The summed E-state index contributed by atoms with van der Waals surface area (Å²) in [4.78, 5) is 9.61. The number of rotatable bonds is 7. The molecule has 1 fully saturated rings. The minimum Gasteiger partial charge on any atom is -0.509 e. The number of anilines is 4. The Bertz CT molecular complexity index is 2850. The van der Waals surface area contributed by atoms with Crippen molar-refractivity contribution in [1.82, 2.24) is 9.55 Å². The van der Waals surface area contributed by atoms with Gasteiger partial charge < -0.3 is 19.1 Å². The summed E-state index contributed by atoms with van der Waals surface area (Å²) >= 11 is 0. The molecular formula is C55H51N4OPt-3. The van der Waals surface area contributed by atoms with Crippen molar-refractivity contribution >= 4 is 44.6 Å². The van der Waals surface area contributed by atoms with Gasteiger partial charge in [0.05, 0.1) is 0 Å². The van der Waals surface area contributed by atoms with Crippen molar-refractivity contribution < 1.29 is 25.8 Å². The van der Waals surface area contributed by atoms with Crippen molar-refractivity contribution in [2.45, 2.75) is 83.5 Å². The molecule has 6 aromatic carbocycles. The summed E-state index contributed by atoms with van der Waals surface area (Å²) in [5, 5.41) is 2.26. The topological polar surface area (TPSA) is 33.5 Å². The van der Waals surface area contributed by atoms with Crippen LogP contribution in [0.1, 0.15) is 89.5 Å². The summed E-state index contributed by atoms with van der Waals surface area (Å²) in [6.07, 6.45) is 6.69. The van der Waals surface area contributed by atoms with Crippen LogP contribution < -0.4 is 14.5 Å². The second-order valence-electron chi connectivity index (χ2n) is 18.5. The van der Waals surface area contributed by atoms with E-state index in [1.54, 1.807) is 0 Å². The van der Waals surface area contributed by atoms with Crippen LogP contribution >= 0.6 is 0 Å². The van der Waals surface area contributed by atoms with E-state index >= 15 is 0 Å². The first-order valence-electron chi connectivity index (χ1n) is 21.3. The van der Waals surface area contributed by atoms with Gasteiger partial charge in [0.1, 0.15) is 5.82 Å². The van der Waals surface area contributed by atoms with E-state index in [1.807, 2.05) is 24.4 Å². The van der Waals surface area contributed by atoms with E-state index in [2.05, 4.69) is 196 Å². The Hall–Kier alpha value is -5.64. The molecule has 61 heavy (non-hydrogen) atoms. The fraction of sp³-hybridized carbons (Fsp3) is 0.236. The predicted octanol–water partition coefficient (Wildman–Crippen LogP) is 14.4. The van der Waals surface area contributed by atoms with Gasteiger partial charge in [0.25, 0.3) is 0 Å². The first-order valence-corrected chi connectivity index (χ1v) is 21.3. The van der Waals surface area contributed by atoms with Gasteiger partial charge in [0.15, 0.2) is 0 Å². The number of hydrogen-bond acceptors (Lipinski definition) is 4. The maximum Gasteiger partial charge on any atom is 0.135 e. The van der Waals surface area contributed by atoms with Crippen molar-refractivity contribution in [1.29, 1.82) is 0 Å². The molecule has 0 radical (unpaired) electrons. The quantitative estimate of drug-likeness (QED) is 0.149. The molecule has 1 aliphatic carbocycles. The Balaban J connectivity index is 0.00000476. The third-order valence-corrected chi connectivity index (χ3v) is 12.6. The van der Waals surface area contributed by atoms with Crippen LogP contribution in [-0.2, 0) is 37.3 Å². The Morgan fingerprint density at radius 3 is 1.97 bits per heavy atom. The summed E-state index contributed by atoms with van der Waals surface area (Å²) in [7, 11) is 0. The summed E-state index contributed by atoms with van der Waals surface area (Å²) in [5.41, 5.74) is 11.5. The molecule has 10 rings (SSSR count). The third-order valence-electron chi connectivity index (χ3n) is 12.6. The Morgan fingerprint density at radius 2 is 1.25 bits per heavy atom. The molecule has 0 unspecified atom stereocenters. The van der Waals surface area contributed by atoms with Gasteiger partial charge in [0, 0.05) is 66.8 Å². The van der Waals surface area contributed by atoms with E-state index in [-0.39, 0.29) is 37.3 Å². The van der Waals surface area contributed by atoms with Gasteiger partial charge >= 0.3 is 0 Å². The largest absolute Gasteiger partial charge is 0.509 e. The van der Waals surface area contributed by atoms with Gasteiger partial charge in [-0.25, -0.2) is 4.98 Å². The monoisotopic (exact) mass is 978 g/mol. The van der Waals surface area contributed by atoms with E-state index in [0.29, 0.717) is 11.5 Å². The second kappa shape index (κ2) is 15.7. The van der Waals surface area contributed by atoms with Crippen LogP contribution in [0.3, 0.4) is 0 Å². The zero-order valence-corrected chi connectivity index (χ0v) is 38.0. The second-order valence-corrected chi connectivity index (χ2v) is 18.5. The van der Waals surface area contributed by atoms with Crippen LogP contribution in [-0.4, -0.2) is 9.55 Å². The summed E-state index contributed by atoms with van der Waals surface area (Å²) in [5.74, 6) is 2.12. The van der Waals surface area contributed by atoms with E-state index in [0.717, 1.165) is 57.5 Å². The molecule has 2 aliphatic rings. The van der Waals surface area contributed by atoms with Gasteiger partial charge in [-0.1, -0.05) is 139 Å². The molecule has 3 heterocycles. The van der Waals surface area contributed by atoms with Gasteiger partial charge in [-0.3, -0.25) is 0 Å². The fourth-order valence-electron chi connectivity index (χ4n) is 9.74. The van der Waals surface area contributed by atoms with Crippen LogP contribution in [0.4, 0.5) is 22.7 Å². The first-order chi connectivity index (χ1) is 29.0. The van der Waals surface area contributed by atoms with Crippen molar-refractivity contribution in [3.8, 4) is 17.3 Å². The smallest absolute Gasteiger partial charge is 0.135 e. The van der Waals surface area contributed by atoms with Crippen LogP contribution in [0.2, 0.25) is 0 Å². The SMILES string of the molecule is CC(C)(C)c1cccc(C(C)(C)C)c1N1[CH-]N(c2[c-]c(Oc3[c-]c4c(cc3)c3ccccc3n4-c3cc(C4(c5ccccc5)CCCC4)ccn3)ccc2)c2ccccc21.[Pt]. The third kappa shape index (κ3) is 7.15. The number of benzene rings is 6. The summed E-state index contributed by atoms with van der Waals surface area (Å²) in [6, 6.07) is 57.1. The predicted molar refractivity (Wildman–Crippen MR) is 247 cm³/mol. The van der Waals surface area contributed by atoms with Gasteiger partial charge in [-0.2, -0.15) is 12.1 Å². The van der Waals surface area contributed by atoms with E-state index < -0.39 is 0 Å². The molecule has 2 aromatic heterocycles. The van der Waals surface area contributed by atoms with E-state index in [1.165, 1.54) is 40.8 Å². The van der Waals surface area contributed by atoms with Gasteiger partial charge in [-0.15, -0.1) is 48.1 Å². The Kier molecular flexibility index (Phi) is 10.5. The molecule has 5 nitrogen and oxygen atoms in total. The average molecular weight is 979 g/mol. The molecule has 1 aliphatic heterocycles. The molecule has 6 heteroatoms. The van der Waals surface area contributed by atoms with Gasteiger partial charge in [-0.05, 0) is 81.6 Å². The van der Waals surface area contributed by atoms with Crippen LogP contribution in [0.25, 0.3) is 27.6 Å². The van der Waals surface area contributed by atoms with Crippen molar-refractivity contribution in [3.05, 3.63) is 187 Å². The van der Waals surface area contributed by atoms with Crippen molar-refractivity contribution in [2.24, 2.45) is 0 Å². The summed E-state index contributed by atoms with van der Waals surface area (Å²) in [6.45, 7) is 16.0. The zero-order valence-electron chi connectivity index (χ0n) is 35.8. The number of hydrogen-bond donors (Lipinski definition) is 0. The minimum absolute atomic E-state index is 0. The van der Waals surface area contributed by atoms with Crippen LogP contribution in [0, 0.1) is 18.8 Å². The van der Waals surface area contributed by atoms with Gasteiger partial charge in [0.2, 0.25) is 0 Å². The zero-order chi connectivity index (χ0) is 41.2. The summed E-state index contributed by atoms with van der Waals surface area (Å²) < 4.78 is 8.93. The number of para-hydroxylation sites is 4. The van der Waals surface area contributed by atoms with Crippen LogP contribution in [0.5, 0.6) is 11.5 Å². The standard InChI is InChI=1S/C55H51N4O.Pt/c1-53(2,3)45-23-17-24-46(54(4,5)6)52(45)58-37-57(48-26-12-13-27-49(48)58)40-20-16-21-41(35-40)60-42-28-29-44-43-22-10-11-25-47(43)59(50(44)36-42)51-34-39(30-33-56-51)55(31-14-15-32-55)38-18-8-7-9-19-38;/h7-13,16-30,33-34,37H,14-15,31-32H2,1-6H3;/q-3;. The molecule has 0 amide bonds. The van der Waals surface area contributed by atoms with Crippen LogP contribution in [0.15, 0.2) is 146 Å². The molecule has 0 spiro atoms. The Morgan fingerprint density at radius 1 is 0.607 bits per heavy atom. The Labute approximate surface area is 375 Å². The maximum absolute atomic E-state index is 6.68. The molecule has 0 N–H and O–H groups in total.